The van der Waals surface area contributed by atoms with Crippen molar-refractivity contribution in [1.29, 1.82) is 0 Å². The molecule has 1 saturated carbocycles. The SMILES string of the molecule is O=S(=O)(c1ccc(-c2ccc3cc(O)ccc3c2Oc2ccc(OCCN3CCCCC3)cc2)cc1)C1CC1. The molecule has 1 N–H and O–H groups in total. The normalized spacial score (nSPS) is 16.3. The highest BCUT2D eigenvalue weighted by atomic mass is 32.2. The highest BCUT2D eigenvalue weighted by molar-refractivity contribution is 7.92. The minimum absolute atomic E-state index is 0.182. The van der Waals surface area contributed by atoms with Gasteiger partial charge in [-0.25, -0.2) is 8.42 Å². The number of piperidine rings is 1. The van der Waals surface area contributed by atoms with Crippen LogP contribution in [0.5, 0.6) is 23.0 Å². The Kier molecular flexibility index (Phi) is 7.19. The second kappa shape index (κ2) is 10.9. The fraction of sp³-hybridized carbons (Fsp3) is 0.312. The molecule has 0 unspecified atom stereocenters. The van der Waals surface area contributed by atoms with Gasteiger partial charge in [0.15, 0.2) is 9.84 Å². The largest absolute Gasteiger partial charge is 0.508 e. The molecular formula is C32H33NO5S. The minimum atomic E-state index is -3.25. The highest BCUT2D eigenvalue weighted by Crippen LogP contribution is 2.41. The number of fused-ring (bicyclic) bond motifs is 1. The van der Waals surface area contributed by atoms with Crippen LogP contribution in [0.25, 0.3) is 21.9 Å². The second-order valence-corrected chi connectivity index (χ2v) is 12.7. The van der Waals surface area contributed by atoms with Crippen LogP contribution in [0.2, 0.25) is 0 Å². The quantitative estimate of drug-likeness (QED) is 0.250. The van der Waals surface area contributed by atoms with E-state index in [0.29, 0.717) is 23.0 Å². The predicted octanol–water partition coefficient (Wildman–Crippen LogP) is 6.81. The van der Waals surface area contributed by atoms with E-state index in [0.717, 1.165) is 60.1 Å². The third-order valence-corrected chi connectivity index (χ3v) is 9.86. The van der Waals surface area contributed by atoms with Crippen molar-refractivity contribution in [3.8, 4) is 34.1 Å². The lowest BCUT2D eigenvalue weighted by Gasteiger charge is -2.26. The molecule has 0 spiro atoms. The average Bonchev–Trinajstić information content (AvgIpc) is 3.81. The molecule has 39 heavy (non-hydrogen) atoms. The smallest absolute Gasteiger partial charge is 0.181 e. The minimum Gasteiger partial charge on any atom is -0.508 e. The Bertz CT molecular complexity index is 1560. The van der Waals surface area contributed by atoms with Gasteiger partial charge in [-0.05, 0) is 110 Å². The summed E-state index contributed by atoms with van der Waals surface area (Å²) >= 11 is 0. The molecule has 4 aromatic rings. The fourth-order valence-electron chi connectivity index (χ4n) is 5.22. The van der Waals surface area contributed by atoms with Gasteiger partial charge in [0.25, 0.3) is 0 Å². The van der Waals surface area contributed by atoms with E-state index in [9.17, 15) is 13.5 Å². The molecule has 7 heteroatoms. The maximum absolute atomic E-state index is 12.7. The molecule has 1 aliphatic heterocycles. The number of rotatable bonds is 9. The number of hydrogen-bond donors (Lipinski definition) is 1. The van der Waals surface area contributed by atoms with Gasteiger partial charge in [-0.3, -0.25) is 4.90 Å². The third kappa shape index (κ3) is 5.75. The van der Waals surface area contributed by atoms with Crippen LogP contribution in [0.4, 0.5) is 0 Å². The maximum atomic E-state index is 12.7. The molecule has 0 atom stereocenters. The Balaban J connectivity index is 1.24. The molecule has 4 aromatic carbocycles. The number of aromatic hydroxyl groups is 1. The van der Waals surface area contributed by atoms with E-state index in [1.165, 1.54) is 19.3 Å². The van der Waals surface area contributed by atoms with E-state index in [2.05, 4.69) is 4.90 Å². The van der Waals surface area contributed by atoms with Gasteiger partial charge in [0.05, 0.1) is 10.1 Å². The van der Waals surface area contributed by atoms with E-state index in [4.69, 9.17) is 9.47 Å². The number of nitrogens with zero attached hydrogens (tertiary/aromatic N) is 1. The summed E-state index contributed by atoms with van der Waals surface area (Å²) in [6.45, 7) is 3.90. The Labute approximate surface area is 229 Å². The zero-order valence-corrected chi connectivity index (χ0v) is 22.7. The summed E-state index contributed by atoms with van der Waals surface area (Å²) < 4.78 is 37.8. The van der Waals surface area contributed by atoms with Crippen LogP contribution in [0.3, 0.4) is 0 Å². The molecule has 1 aliphatic carbocycles. The Morgan fingerprint density at radius 3 is 2.26 bits per heavy atom. The number of likely N-dealkylation sites (tertiary alicyclic amines) is 1. The predicted molar refractivity (Wildman–Crippen MR) is 154 cm³/mol. The summed E-state index contributed by atoms with van der Waals surface area (Å²) in [5.41, 5.74) is 1.69. The van der Waals surface area contributed by atoms with Gasteiger partial charge in [-0.2, -0.15) is 0 Å². The van der Waals surface area contributed by atoms with Crippen molar-refractivity contribution in [3.05, 3.63) is 78.9 Å². The van der Waals surface area contributed by atoms with Crippen molar-refractivity contribution < 1.29 is 23.0 Å². The van der Waals surface area contributed by atoms with Gasteiger partial charge in [0, 0.05) is 17.5 Å². The molecule has 1 heterocycles. The Hall–Kier alpha value is -3.55. The Morgan fingerprint density at radius 1 is 0.821 bits per heavy atom. The van der Waals surface area contributed by atoms with Gasteiger partial charge in [-0.15, -0.1) is 0 Å². The van der Waals surface area contributed by atoms with Crippen molar-refractivity contribution >= 4 is 20.6 Å². The van der Waals surface area contributed by atoms with Crippen LogP contribution < -0.4 is 9.47 Å². The van der Waals surface area contributed by atoms with E-state index < -0.39 is 9.84 Å². The van der Waals surface area contributed by atoms with Gasteiger partial charge in [0.2, 0.25) is 0 Å². The van der Waals surface area contributed by atoms with Crippen LogP contribution in [0.15, 0.2) is 83.8 Å². The van der Waals surface area contributed by atoms with E-state index in [1.54, 1.807) is 24.3 Å². The summed E-state index contributed by atoms with van der Waals surface area (Å²) in [6, 6.07) is 23.7. The lowest BCUT2D eigenvalue weighted by molar-refractivity contribution is 0.183. The molecule has 0 radical (unpaired) electrons. The summed E-state index contributed by atoms with van der Waals surface area (Å²) in [5, 5.41) is 11.5. The molecule has 2 aliphatic rings. The molecule has 6 nitrogen and oxygen atoms in total. The van der Waals surface area contributed by atoms with Crippen molar-refractivity contribution in [2.75, 3.05) is 26.2 Å². The fourth-order valence-corrected chi connectivity index (χ4v) is 6.88. The van der Waals surface area contributed by atoms with Crippen LogP contribution in [-0.2, 0) is 9.84 Å². The van der Waals surface area contributed by atoms with Gasteiger partial charge in [0.1, 0.15) is 29.6 Å². The number of sulfone groups is 1. The summed E-state index contributed by atoms with van der Waals surface area (Å²) in [6.07, 6.45) is 5.34. The number of ether oxygens (including phenoxy) is 2. The van der Waals surface area contributed by atoms with Crippen LogP contribution >= 0.6 is 0 Å². The number of phenols is 1. The molecule has 2 fully saturated rings. The number of phenolic OH excluding ortho intramolecular Hbond substituents is 1. The van der Waals surface area contributed by atoms with Crippen molar-refractivity contribution in [2.24, 2.45) is 0 Å². The lowest BCUT2D eigenvalue weighted by atomic mass is 9.99. The zero-order valence-electron chi connectivity index (χ0n) is 21.9. The van der Waals surface area contributed by atoms with Crippen molar-refractivity contribution in [3.63, 3.8) is 0 Å². The van der Waals surface area contributed by atoms with Crippen molar-refractivity contribution in [2.45, 2.75) is 42.2 Å². The van der Waals surface area contributed by atoms with Crippen molar-refractivity contribution in [1.82, 2.24) is 4.90 Å². The first-order valence-electron chi connectivity index (χ1n) is 13.7. The molecule has 6 rings (SSSR count). The Morgan fingerprint density at radius 2 is 1.54 bits per heavy atom. The first kappa shape index (κ1) is 25.7. The highest BCUT2D eigenvalue weighted by Gasteiger charge is 2.36. The zero-order chi connectivity index (χ0) is 26.8. The van der Waals surface area contributed by atoms with Gasteiger partial charge >= 0.3 is 0 Å². The molecule has 0 bridgehead atoms. The first-order valence-corrected chi connectivity index (χ1v) is 15.3. The average molecular weight is 544 g/mol. The van der Waals surface area contributed by atoms with Crippen LogP contribution in [0.1, 0.15) is 32.1 Å². The molecule has 1 saturated heterocycles. The summed E-state index contributed by atoms with van der Waals surface area (Å²) in [4.78, 5) is 2.81. The number of hydrogen-bond acceptors (Lipinski definition) is 6. The van der Waals surface area contributed by atoms with Crippen LogP contribution in [0, 0.1) is 0 Å². The van der Waals surface area contributed by atoms with E-state index in [1.807, 2.05) is 54.6 Å². The van der Waals surface area contributed by atoms with Gasteiger partial charge in [-0.1, -0.05) is 24.6 Å². The molecular weight excluding hydrogens is 510 g/mol. The topological polar surface area (TPSA) is 76.1 Å². The molecule has 0 amide bonds. The number of benzene rings is 4. The second-order valence-electron chi connectivity index (χ2n) is 10.4. The summed E-state index contributed by atoms with van der Waals surface area (Å²) in [5.74, 6) is 2.29. The third-order valence-electron chi connectivity index (χ3n) is 7.58. The summed E-state index contributed by atoms with van der Waals surface area (Å²) in [7, 11) is -3.25. The molecule has 202 valence electrons. The standard InChI is InChI=1S/C32H33NO5S/c34-25-7-17-31-24(22-25)6-16-30(23-4-12-28(13-5-23)39(35,36)29-14-15-29)32(31)38-27-10-8-26(9-11-27)37-21-20-33-18-2-1-3-19-33/h4-13,16-17,22,29,34H,1-3,14-15,18-21H2. The van der Waals surface area contributed by atoms with Gasteiger partial charge < -0.3 is 14.6 Å². The first-order chi connectivity index (χ1) is 19.0. The van der Waals surface area contributed by atoms with E-state index in [-0.39, 0.29) is 11.0 Å². The monoisotopic (exact) mass is 543 g/mol. The van der Waals surface area contributed by atoms with E-state index >= 15 is 0 Å². The lowest BCUT2D eigenvalue weighted by Crippen LogP contribution is -2.33. The van der Waals surface area contributed by atoms with Crippen LogP contribution in [-0.4, -0.2) is 49.9 Å². The maximum Gasteiger partial charge on any atom is 0.181 e. The molecule has 0 aromatic heterocycles.